The number of aromatic nitrogens is 3. The fourth-order valence-corrected chi connectivity index (χ4v) is 1.91. The number of hydrogen-bond donors (Lipinski definition) is 0. The van der Waals surface area contributed by atoms with Gasteiger partial charge >= 0.3 is 0 Å². The van der Waals surface area contributed by atoms with Crippen molar-refractivity contribution in [1.29, 1.82) is 0 Å². The van der Waals surface area contributed by atoms with Crippen LogP contribution in [0.5, 0.6) is 0 Å². The summed E-state index contributed by atoms with van der Waals surface area (Å²) in [4.78, 5) is 11.5. The second-order valence-corrected chi connectivity index (χ2v) is 4.25. The highest BCUT2D eigenvalue weighted by Gasteiger charge is 2.07. The molecule has 0 spiro atoms. The molecule has 0 N–H and O–H groups in total. The van der Waals surface area contributed by atoms with E-state index in [2.05, 4.69) is 11.2 Å². The quantitative estimate of drug-likeness (QED) is 0.756. The van der Waals surface area contributed by atoms with E-state index in [1.807, 2.05) is 48.6 Å². The number of ketones is 1. The minimum Gasteiger partial charge on any atom is -0.348 e. The fourth-order valence-electron chi connectivity index (χ4n) is 1.91. The summed E-state index contributed by atoms with van der Waals surface area (Å²) in [7, 11) is 1.93. The Bertz CT molecular complexity index is 537. The van der Waals surface area contributed by atoms with E-state index in [4.69, 9.17) is 0 Å². The van der Waals surface area contributed by atoms with Crippen molar-refractivity contribution in [2.75, 3.05) is 0 Å². The topological polar surface area (TPSA) is 39.8 Å². The minimum absolute atomic E-state index is 0.185. The monoisotopic (exact) mass is 231 g/mol. The van der Waals surface area contributed by atoms with Gasteiger partial charge in [-0.15, -0.1) is 0 Å². The standard InChI is InChI=1S/C13H17N3O/c1-4-13(17)11-5-6-16(8-11)9-12-7-10(2)14-15(12)3/h5-8H,4,9H2,1-3H3. The molecule has 17 heavy (non-hydrogen) atoms. The normalized spacial score (nSPS) is 10.8. The van der Waals surface area contributed by atoms with Crippen LogP contribution in [0.4, 0.5) is 0 Å². The average molecular weight is 231 g/mol. The first kappa shape index (κ1) is 11.6. The molecule has 0 atom stereocenters. The summed E-state index contributed by atoms with van der Waals surface area (Å²) in [5.41, 5.74) is 2.93. The molecule has 2 aromatic rings. The van der Waals surface area contributed by atoms with Gasteiger partial charge in [-0.1, -0.05) is 6.92 Å². The van der Waals surface area contributed by atoms with Crippen LogP contribution in [0.15, 0.2) is 24.5 Å². The van der Waals surface area contributed by atoms with E-state index in [1.54, 1.807) is 0 Å². The molecule has 0 saturated carbocycles. The van der Waals surface area contributed by atoms with Crippen molar-refractivity contribution >= 4 is 5.78 Å². The highest BCUT2D eigenvalue weighted by molar-refractivity contribution is 5.95. The van der Waals surface area contributed by atoms with Crippen molar-refractivity contribution in [1.82, 2.24) is 14.3 Å². The molecule has 2 heterocycles. The van der Waals surface area contributed by atoms with Crippen LogP contribution in [-0.4, -0.2) is 20.1 Å². The second-order valence-electron chi connectivity index (χ2n) is 4.25. The van der Waals surface area contributed by atoms with Gasteiger partial charge in [0.05, 0.1) is 17.9 Å². The second kappa shape index (κ2) is 4.57. The van der Waals surface area contributed by atoms with Crippen LogP contribution in [0.3, 0.4) is 0 Å². The Hall–Kier alpha value is -1.84. The average Bonchev–Trinajstić information content (AvgIpc) is 2.86. The molecule has 0 amide bonds. The molecular weight excluding hydrogens is 214 g/mol. The molecule has 4 nitrogen and oxygen atoms in total. The van der Waals surface area contributed by atoms with E-state index in [1.165, 1.54) is 0 Å². The molecule has 4 heteroatoms. The van der Waals surface area contributed by atoms with Gasteiger partial charge in [-0.2, -0.15) is 5.10 Å². The van der Waals surface area contributed by atoms with Crippen molar-refractivity contribution in [2.45, 2.75) is 26.8 Å². The third kappa shape index (κ3) is 2.46. The number of hydrogen-bond acceptors (Lipinski definition) is 2. The van der Waals surface area contributed by atoms with Gasteiger partial charge in [-0.05, 0) is 19.1 Å². The largest absolute Gasteiger partial charge is 0.348 e. The molecule has 0 fully saturated rings. The fraction of sp³-hybridized carbons (Fsp3) is 0.385. The van der Waals surface area contributed by atoms with Gasteiger partial charge in [-0.3, -0.25) is 9.48 Å². The molecular formula is C13H17N3O. The summed E-state index contributed by atoms with van der Waals surface area (Å²) in [5.74, 6) is 0.185. The molecule has 0 aliphatic heterocycles. The van der Waals surface area contributed by atoms with E-state index in [0.29, 0.717) is 6.42 Å². The maximum Gasteiger partial charge on any atom is 0.164 e. The van der Waals surface area contributed by atoms with Gasteiger partial charge in [0.1, 0.15) is 0 Å². The Labute approximate surface area is 101 Å². The summed E-state index contributed by atoms with van der Waals surface area (Å²) in [6, 6.07) is 3.93. The van der Waals surface area contributed by atoms with Crippen LogP contribution in [0.2, 0.25) is 0 Å². The summed E-state index contributed by atoms with van der Waals surface area (Å²) >= 11 is 0. The van der Waals surface area contributed by atoms with Crippen LogP contribution >= 0.6 is 0 Å². The minimum atomic E-state index is 0.185. The molecule has 2 rings (SSSR count). The first-order chi connectivity index (χ1) is 8.10. The lowest BCUT2D eigenvalue weighted by molar-refractivity contribution is 0.0988. The molecule has 0 bridgehead atoms. The summed E-state index contributed by atoms with van der Waals surface area (Å²) in [6.45, 7) is 4.60. The molecule has 2 aromatic heterocycles. The van der Waals surface area contributed by atoms with Crippen LogP contribution in [0.1, 0.15) is 35.1 Å². The summed E-state index contributed by atoms with van der Waals surface area (Å²) in [6.07, 6.45) is 4.38. The van der Waals surface area contributed by atoms with Gasteiger partial charge in [-0.25, -0.2) is 0 Å². The van der Waals surface area contributed by atoms with Crippen molar-refractivity contribution in [2.24, 2.45) is 7.05 Å². The lowest BCUT2D eigenvalue weighted by Crippen LogP contribution is -2.04. The first-order valence-electron chi connectivity index (χ1n) is 5.78. The van der Waals surface area contributed by atoms with Gasteiger partial charge in [0.2, 0.25) is 0 Å². The van der Waals surface area contributed by atoms with Gasteiger partial charge < -0.3 is 4.57 Å². The lowest BCUT2D eigenvalue weighted by atomic mass is 10.2. The molecule has 0 aliphatic carbocycles. The summed E-state index contributed by atoms with van der Waals surface area (Å²) in [5, 5.41) is 4.30. The first-order valence-corrected chi connectivity index (χ1v) is 5.78. The number of nitrogens with zero attached hydrogens (tertiary/aromatic N) is 3. The van der Waals surface area contributed by atoms with E-state index in [-0.39, 0.29) is 5.78 Å². The van der Waals surface area contributed by atoms with E-state index in [0.717, 1.165) is 23.5 Å². The van der Waals surface area contributed by atoms with Gasteiger partial charge in [0.15, 0.2) is 5.78 Å². The van der Waals surface area contributed by atoms with Crippen molar-refractivity contribution in [3.63, 3.8) is 0 Å². The molecule has 0 aliphatic rings. The van der Waals surface area contributed by atoms with E-state index < -0.39 is 0 Å². The molecule has 90 valence electrons. The van der Waals surface area contributed by atoms with Crippen LogP contribution in [-0.2, 0) is 13.6 Å². The lowest BCUT2D eigenvalue weighted by Gasteiger charge is -2.02. The Morgan fingerprint density at radius 3 is 2.82 bits per heavy atom. The number of carbonyl (C=O) groups is 1. The molecule has 0 radical (unpaired) electrons. The zero-order valence-electron chi connectivity index (χ0n) is 10.5. The van der Waals surface area contributed by atoms with Gasteiger partial charge in [0.25, 0.3) is 0 Å². The van der Waals surface area contributed by atoms with Crippen LogP contribution in [0, 0.1) is 6.92 Å². The summed E-state index contributed by atoms with van der Waals surface area (Å²) < 4.78 is 3.88. The maximum atomic E-state index is 11.5. The van der Waals surface area contributed by atoms with Crippen LogP contribution < -0.4 is 0 Å². The van der Waals surface area contributed by atoms with Crippen molar-refractivity contribution in [3.05, 3.63) is 41.5 Å². The Kier molecular flexibility index (Phi) is 3.13. The number of aryl methyl sites for hydroxylation is 2. The maximum absolute atomic E-state index is 11.5. The smallest absolute Gasteiger partial charge is 0.164 e. The zero-order valence-corrected chi connectivity index (χ0v) is 10.5. The Morgan fingerprint density at radius 1 is 1.47 bits per heavy atom. The Morgan fingerprint density at radius 2 is 2.24 bits per heavy atom. The highest BCUT2D eigenvalue weighted by Crippen LogP contribution is 2.09. The van der Waals surface area contributed by atoms with Crippen molar-refractivity contribution in [3.8, 4) is 0 Å². The SMILES string of the molecule is CCC(=O)c1ccn(Cc2cc(C)nn2C)c1. The van der Waals surface area contributed by atoms with E-state index >= 15 is 0 Å². The third-order valence-electron chi connectivity index (χ3n) is 2.84. The van der Waals surface area contributed by atoms with Gasteiger partial charge in [0, 0.05) is 31.4 Å². The predicted molar refractivity (Wildman–Crippen MR) is 66.1 cm³/mol. The molecule has 0 saturated heterocycles. The Balaban J connectivity index is 2.17. The number of carbonyl (C=O) groups excluding carboxylic acids is 1. The highest BCUT2D eigenvalue weighted by atomic mass is 16.1. The predicted octanol–water partition coefficient (Wildman–Crippen LogP) is 2.17. The number of rotatable bonds is 4. The molecule has 0 unspecified atom stereocenters. The third-order valence-corrected chi connectivity index (χ3v) is 2.84. The van der Waals surface area contributed by atoms with Crippen LogP contribution in [0.25, 0.3) is 0 Å². The zero-order chi connectivity index (χ0) is 12.4. The van der Waals surface area contributed by atoms with E-state index in [9.17, 15) is 4.79 Å². The van der Waals surface area contributed by atoms with Crippen molar-refractivity contribution < 1.29 is 4.79 Å². The number of Topliss-reactive ketones (excluding diaryl/α,β-unsaturated/α-hetero) is 1. The molecule has 0 aromatic carbocycles.